The fourth-order valence-electron chi connectivity index (χ4n) is 2.61. The fraction of sp³-hybridized carbons (Fsp3) is 0.438. The molecule has 2 rings (SSSR count). The molecule has 1 aromatic carbocycles. The van der Waals surface area contributed by atoms with Gasteiger partial charge in [-0.05, 0) is 38.4 Å². The smallest absolute Gasteiger partial charge is 0.220 e. The topological polar surface area (TPSA) is 46.3 Å². The third-order valence-corrected chi connectivity index (χ3v) is 3.68. The van der Waals surface area contributed by atoms with Crippen LogP contribution in [0.3, 0.4) is 0 Å². The summed E-state index contributed by atoms with van der Waals surface area (Å²) in [6.45, 7) is 5.06. The maximum Gasteiger partial charge on any atom is 0.220 e. The van der Waals surface area contributed by atoms with Crippen molar-refractivity contribution >= 4 is 12.0 Å². The number of piperidine rings is 1. The summed E-state index contributed by atoms with van der Waals surface area (Å²) in [6, 6.07) is 10.4. The van der Waals surface area contributed by atoms with Gasteiger partial charge in [0.2, 0.25) is 5.91 Å². The summed E-state index contributed by atoms with van der Waals surface area (Å²) in [7, 11) is 0. The highest BCUT2D eigenvalue weighted by Gasteiger charge is 2.22. The predicted molar refractivity (Wildman–Crippen MR) is 78.5 cm³/mol. The van der Waals surface area contributed by atoms with Crippen LogP contribution in [0, 0.1) is 5.92 Å². The summed E-state index contributed by atoms with van der Waals surface area (Å²) in [5.74, 6) is -0.0640. The predicted octanol–water partition coefficient (Wildman–Crippen LogP) is 2.29. The highest BCUT2D eigenvalue weighted by molar-refractivity contribution is 5.76. The second-order valence-electron chi connectivity index (χ2n) is 5.35. The second-order valence-corrected chi connectivity index (χ2v) is 5.35. The van der Waals surface area contributed by atoms with E-state index in [4.69, 9.17) is 5.73 Å². The van der Waals surface area contributed by atoms with E-state index in [-0.39, 0.29) is 11.8 Å². The Morgan fingerprint density at radius 1 is 1.32 bits per heavy atom. The number of likely N-dealkylation sites (tertiary alicyclic amines) is 1. The van der Waals surface area contributed by atoms with Crippen molar-refractivity contribution in [3.05, 3.63) is 41.5 Å². The van der Waals surface area contributed by atoms with Gasteiger partial charge in [0.1, 0.15) is 0 Å². The van der Waals surface area contributed by atoms with E-state index < -0.39 is 0 Å². The molecule has 0 saturated carbocycles. The molecular formula is C16H22N2O. The van der Waals surface area contributed by atoms with Crippen molar-refractivity contribution in [1.82, 2.24) is 4.90 Å². The standard InChI is InChI=1S/C16H22N2O/c1-13(11-14-5-3-2-4-6-14)12-18-9-7-15(8-10-18)16(17)19/h2-6,11,15H,7-10,12H2,1H3,(H2,17,19). The molecule has 0 atom stereocenters. The molecule has 102 valence electrons. The van der Waals surface area contributed by atoms with Crippen molar-refractivity contribution < 1.29 is 4.79 Å². The first-order valence-corrected chi connectivity index (χ1v) is 6.89. The summed E-state index contributed by atoms with van der Waals surface area (Å²) in [6.07, 6.45) is 4.02. The molecular weight excluding hydrogens is 236 g/mol. The Bertz CT molecular complexity index is 445. The molecule has 1 heterocycles. The highest BCUT2D eigenvalue weighted by Crippen LogP contribution is 2.18. The number of hydrogen-bond donors (Lipinski definition) is 1. The lowest BCUT2D eigenvalue weighted by atomic mass is 9.96. The summed E-state index contributed by atoms with van der Waals surface area (Å²) >= 11 is 0. The van der Waals surface area contributed by atoms with E-state index in [1.165, 1.54) is 11.1 Å². The Morgan fingerprint density at radius 2 is 1.95 bits per heavy atom. The molecule has 0 radical (unpaired) electrons. The summed E-state index contributed by atoms with van der Waals surface area (Å²) < 4.78 is 0. The number of carbonyl (C=O) groups excluding carboxylic acids is 1. The number of carbonyl (C=O) groups is 1. The number of benzene rings is 1. The Balaban J connectivity index is 1.85. The molecule has 1 saturated heterocycles. The van der Waals surface area contributed by atoms with Crippen LogP contribution < -0.4 is 5.73 Å². The van der Waals surface area contributed by atoms with Gasteiger partial charge in [0.15, 0.2) is 0 Å². The molecule has 19 heavy (non-hydrogen) atoms. The second kappa shape index (κ2) is 6.53. The van der Waals surface area contributed by atoms with E-state index in [1.807, 2.05) is 6.07 Å². The first-order chi connectivity index (χ1) is 9.15. The minimum Gasteiger partial charge on any atom is -0.369 e. The lowest BCUT2D eigenvalue weighted by Crippen LogP contribution is -2.39. The number of primary amides is 1. The highest BCUT2D eigenvalue weighted by atomic mass is 16.1. The molecule has 0 unspecified atom stereocenters. The first kappa shape index (κ1) is 13.8. The van der Waals surface area contributed by atoms with Gasteiger partial charge in [-0.1, -0.05) is 42.0 Å². The van der Waals surface area contributed by atoms with E-state index in [1.54, 1.807) is 0 Å². The van der Waals surface area contributed by atoms with Gasteiger partial charge in [0.25, 0.3) is 0 Å². The number of rotatable bonds is 4. The molecule has 0 aromatic heterocycles. The fourth-order valence-corrected chi connectivity index (χ4v) is 2.61. The van der Waals surface area contributed by atoms with Gasteiger partial charge >= 0.3 is 0 Å². The molecule has 0 bridgehead atoms. The van der Waals surface area contributed by atoms with Crippen LogP contribution in [-0.4, -0.2) is 30.4 Å². The number of amides is 1. The van der Waals surface area contributed by atoms with E-state index in [0.717, 1.165) is 32.5 Å². The quantitative estimate of drug-likeness (QED) is 0.900. The van der Waals surface area contributed by atoms with Gasteiger partial charge in [-0.25, -0.2) is 0 Å². The van der Waals surface area contributed by atoms with Crippen LogP contribution in [-0.2, 0) is 4.79 Å². The SMILES string of the molecule is CC(=Cc1ccccc1)CN1CCC(C(N)=O)CC1. The Kier molecular flexibility index (Phi) is 4.74. The number of hydrogen-bond acceptors (Lipinski definition) is 2. The maximum absolute atomic E-state index is 11.1. The molecule has 1 amide bonds. The van der Waals surface area contributed by atoms with Crippen LogP contribution in [0.1, 0.15) is 25.3 Å². The van der Waals surface area contributed by atoms with Crippen LogP contribution in [0.5, 0.6) is 0 Å². The molecule has 3 nitrogen and oxygen atoms in total. The maximum atomic E-state index is 11.1. The molecule has 1 fully saturated rings. The zero-order valence-electron chi connectivity index (χ0n) is 11.5. The Labute approximate surface area is 115 Å². The molecule has 0 aliphatic carbocycles. The average Bonchev–Trinajstić information content (AvgIpc) is 2.40. The van der Waals surface area contributed by atoms with Crippen molar-refractivity contribution in [2.24, 2.45) is 11.7 Å². The number of nitrogens with two attached hydrogens (primary N) is 1. The Hall–Kier alpha value is -1.61. The lowest BCUT2D eigenvalue weighted by molar-refractivity contribution is -0.123. The zero-order valence-corrected chi connectivity index (χ0v) is 11.5. The Morgan fingerprint density at radius 3 is 2.53 bits per heavy atom. The normalized spacial score (nSPS) is 18.5. The van der Waals surface area contributed by atoms with Crippen LogP contribution in [0.4, 0.5) is 0 Å². The molecule has 1 aliphatic heterocycles. The third-order valence-electron chi connectivity index (χ3n) is 3.68. The van der Waals surface area contributed by atoms with Crippen LogP contribution in [0.25, 0.3) is 6.08 Å². The summed E-state index contributed by atoms with van der Waals surface area (Å²) in [5.41, 5.74) is 7.94. The van der Waals surface area contributed by atoms with Gasteiger partial charge < -0.3 is 5.73 Å². The minimum absolute atomic E-state index is 0.0784. The van der Waals surface area contributed by atoms with Gasteiger partial charge in [-0.15, -0.1) is 0 Å². The van der Waals surface area contributed by atoms with Gasteiger partial charge in [0.05, 0.1) is 0 Å². The minimum atomic E-state index is -0.142. The van der Waals surface area contributed by atoms with E-state index in [0.29, 0.717) is 0 Å². The third kappa shape index (κ3) is 4.21. The first-order valence-electron chi connectivity index (χ1n) is 6.89. The van der Waals surface area contributed by atoms with E-state index in [9.17, 15) is 4.79 Å². The average molecular weight is 258 g/mol. The molecule has 1 aliphatic rings. The molecule has 0 spiro atoms. The van der Waals surface area contributed by atoms with Gasteiger partial charge in [-0.3, -0.25) is 9.69 Å². The van der Waals surface area contributed by atoms with Crippen molar-refractivity contribution in [1.29, 1.82) is 0 Å². The van der Waals surface area contributed by atoms with Crippen LogP contribution in [0.2, 0.25) is 0 Å². The van der Waals surface area contributed by atoms with Gasteiger partial charge in [0, 0.05) is 12.5 Å². The summed E-state index contributed by atoms with van der Waals surface area (Å²) in [5, 5.41) is 0. The van der Waals surface area contributed by atoms with Gasteiger partial charge in [-0.2, -0.15) is 0 Å². The van der Waals surface area contributed by atoms with E-state index >= 15 is 0 Å². The van der Waals surface area contributed by atoms with Crippen molar-refractivity contribution in [3.8, 4) is 0 Å². The monoisotopic (exact) mass is 258 g/mol. The largest absolute Gasteiger partial charge is 0.369 e. The van der Waals surface area contributed by atoms with Crippen LogP contribution >= 0.6 is 0 Å². The van der Waals surface area contributed by atoms with E-state index in [2.05, 4.69) is 42.2 Å². The van der Waals surface area contributed by atoms with Crippen molar-refractivity contribution in [2.75, 3.05) is 19.6 Å². The van der Waals surface area contributed by atoms with Crippen LogP contribution in [0.15, 0.2) is 35.9 Å². The molecule has 2 N–H and O–H groups in total. The summed E-state index contributed by atoms with van der Waals surface area (Å²) in [4.78, 5) is 13.5. The molecule has 3 heteroatoms. The number of nitrogens with zero attached hydrogens (tertiary/aromatic N) is 1. The molecule has 1 aromatic rings. The van der Waals surface area contributed by atoms with Crippen molar-refractivity contribution in [2.45, 2.75) is 19.8 Å². The zero-order chi connectivity index (χ0) is 13.7. The lowest BCUT2D eigenvalue weighted by Gasteiger charge is -2.30. The van der Waals surface area contributed by atoms with Crippen molar-refractivity contribution in [3.63, 3.8) is 0 Å².